The van der Waals surface area contributed by atoms with E-state index in [2.05, 4.69) is 10.4 Å². The van der Waals surface area contributed by atoms with Gasteiger partial charge in [-0.3, -0.25) is 9.48 Å². The zero-order valence-electron chi connectivity index (χ0n) is 15.3. The Morgan fingerprint density at radius 3 is 2.27 bits per heavy atom. The number of rotatable bonds is 4. The molecule has 0 saturated heterocycles. The van der Waals surface area contributed by atoms with Crippen LogP contribution in [0.5, 0.6) is 0 Å². The van der Waals surface area contributed by atoms with Crippen LogP contribution < -0.4 is 5.32 Å². The van der Waals surface area contributed by atoms with Crippen molar-refractivity contribution >= 4 is 21.6 Å². The van der Waals surface area contributed by atoms with Gasteiger partial charge >= 0.3 is 12.4 Å². The molecule has 164 valence electrons. The predicted octanol–water partition coefficient (Wildman–Crippen LogP) is 3.65. The quantitative estimate of drug-likeness (QED) is 0.714. The lowest BCUT2D eigenvalue weighted by atomic mass is 9.84. The minimum absolute atomic E-state index is 0.158. The minimum atomic E-state index is -4.70. The Morgan fingerprint density at radius 1 is 1.10 bits per heavy atom. The normalized spacial score (nSPS) is 20.0. The molecule has 0 atom stereocenters. The van der Waals surface area contributed by atoms with Gasteiger partial charge in [-0.05, 0) is 31.0 Å². The first-order chi connectivity index (χ1) is 13.7. The highest BCUT2D eigenvalue weighted by Crippen LogP contribution is 2.39. The summed E-state index contributed by atoms with van der Waals surface area (Å²) >= 11 is 0. The number of nitrogens with zero attached hydrogens (tertiary/aromatic N) is 2. The third-order valence-corrected chi connectivity index (χ3v) is 6.99. The SMILES string of the molecule is Cn1nc(C(F)(F)F)cc1NC(=O)[C@H]1C[C@@H](S(=O)(=O)c2cccc(C(F)(F)F)c2)C1. The van der Waals surface area contributed by atoms with Crippen LogP contribution in [0, 0.1) is 5.92 Å². The highest BCUT2D eigenvalue weighted by atomic mass is 32.2. The molecule has 0 spiro atoms. The monoisotopic (exact) mass is 455 g/mol. The lowest BCUT2D eigenvalue weighted by Gasteiger charge is -2.33. The molecule has 1 saturated carbocycles. The Morgan fingerprint density at radius 2 is 1.73 bits per heavy atom. The summed E-state index contributed by atoms with van der Waals surface area (Å²) in [6.07, 6.45) is -9.71. The van der Waals surface area contributed by atoms with Crippen molar-refractivity contribution in [3.63, 3.8) is 0 Å². The molecule has 1 aliphatic carbocycles. The molecule has 1 fully saturated rings. The van der Waals surface area contributed by atoms with Crippen molar-refractivity contribution in [2.45, 2.75) is 35.3 Å². The molecular formula is C17H15F6N3O3S. The van der Waals surface area contributed by atoms with Crippen molar-refractivity contribution in [3.05, 3.63) is 41.6 Å². The molecule has 3 rings (SSSR count). The number of nitrogens with one attached hydrogen (secondary N) is 1. The summed E-state index contributed by atoms with van der Waals surface area (Å²) in [6.45, 7) is 0. The van der Waals surface area contributed by atoms with Crippen LogP contribution in [-0.4, -0.2) is 29.4 Å². The van der Waals surface area contributed by atoms with Crippen LogP contribution in [0.2, 0.25) is 0 Å². The maximum atomic E-state index is 12.8. The van der Waals surface area contributed by atoms with Crippen LogP contribution in [0.15, 0.2) is 35.2 Å². The maximum Gasteiger partial charge on any atom is 0.435 e. The molecule has 1 aromatic heterocycles. The van der Waals surface area contributed by atoms with Gasteiger partial charge in [-0.25, -0.2) is 8.42 Å². The number of amides is 1. The van der Waals surface area contributed by atoms with Crippen molar-refractivity contribution in [1.82, 2.24) is 9.78 Å². The minimum Gasteiger partial charge on any atom is -0.311 e. The molecule has 0 unspecified atom stereocenters. The molecule has 13 heteroatoms. The summed E-state index contributed by atoms with van der Waals surface area (Å²) in [5, 5.41) is 4.45. The summed E-state index contributed by atoms with van der Waals surface area (Å²) in [6, 6.07) is 3.97. The highest BCUT2D eigenvalue weighted by Gasteiger charge is 2.44. The van der Waals surface area contributed by atoms with E-state index in [-0.39, 0.29) is 18.7 Å². The van der Waals surface area contributed by atoms with Crippen LogP contribution in [0.1, 0.15) is 24.1 Å². The molecular weight excluding hydrogens is 440 g/mol. The van der Waals surface area contributed by atoms with Gasteiger partial charge in [0.25, 0.3) is 0 Å². The summed E-state index contributed by atoms with van der Waals surface area (Å²) in [5.41, 5.74) is -2.30. The van der Waals surface area contributed by atoms with E-state index < -0.39 is 55.4 Å². The van der Waals surface area contributed by atoms with E-state index in [9.17, 15) is 39.6 Å². The fraction of sp³-hybridized carbons (Fsp3) is 0.412. The van der Waals surface area contributed by atoms with Gasteiger partial charge in [-0.2, -0.15) is 31.4 Å². The summed E-state index contributed by atoms with van der Waals surface area (Å²) in [7, 11) is -2.89. The number of aromatic nitrogens is 2. The van der Waals surface area contributed by atoms with E-state index in [1.807, 2.05) is 0 Å². The number of halogens is 6. The molecule has 1 aromatic carbocycles. The molecule has 0 bridgehead atoms. The summed E-state index contributed by atoms with van der Waals surface area (Å²) in [5.74, 6) is -1.71. The number of hydrogen-bond donors (Lipinski definition) is 1. The molecule has 1 aliphatic rings. The van der Waals surface area contributed by atoms with Crippen LogP contribution in [-0.2, 0) is 34.0 Å². The third-order valence-electron chi connectivity index (χ3n) is 4.82. The Labute approximate surface area is 166 Å². The first-order valence-electron chi connectivity index (χ1n) is 8.53. The number of carbonyl (C=O) groups excluding carboxylic acids is 1. The van der Waals surface area contributed by atoms with Gasteiger partial charge in [0.1, 0.15) is 5.82 Å². The Balaban J connectivity index is 1.67. The topological polar surface area (TPSA) is 81.1 Å². The molecule has 30 heavy (non-hydrogen) atoms. The zero-order valence-corrected chi connectivity index (χ0v) is 16.1. The van der Waals surface area contributed by atoms with Crippen LogP contribution in [0.4, 0.5) is 32.2 Å². The lowest BCUT2D eigenvalue weighted by molar-refractivity contribution is -0.141. The molecule has 0 aliphatic heterocycles. The van der Waals surface area contributed by atoms with Gasteiger partial charge in [0, 0.05) is 19.0 Å². The number of sulfone groups is 1. The number of benzene rings is 1. The van der Waals surface area contributed by atoms with Crippen molar-refractivity contribution in [1.29, 1.82) is 0 Å². The first-order valence-corrected chi connectivity index (χ1v) is 10.1. The Hall–Kier alpha value is -2.57. The molecule has 1 heterocycles. The largest absolute Gasteiger partial charge is 0.435 e. The van der Waals surface area contributed by atoms with Crippen molar-refractivity contribution in [3.8, 4) is 0 Å². The molecule has 1 amide bonds. The molecule has 0 radical (unpaired) electrons. The van der Waals surface area contributed by atoms with Crippen LogP contribution >= 0.6 is 0 Å². The number of aryl methyl sites for hydroxylation is 1. The average Bonchev–Trinajstić information content (AvgIpc) is 2.93. The van der Waals surface area contributed by atoms with Crippen molar-refractivity contribution in [2.24, 2.45) is 13.0 Å². The van der Waals surface area contributed by atoms with Gasteiger partial charge in [-0.1, -0.05) is 6.07 Å². The van der Waals surface area contributed by atoms with Gasteiger partial charge in [0.05, 0.1) is 15.7 Å². The van der Waals surface area contributed by atoms with Gasteiger partial charge in [0.15, 0.2) is 15.5 Å². The van der Waals surface area contributed by atoms with Gasteiger partial charge < -0.3 is 5.32 Å². The Bertz CT molecular complexity index is 1070. The summed E-state index contributed by atoms with van der Waals surface area (Å²) < 4.78 is 102. The van der Waals surface area contributed by atoms with E-state index >= 15 is 0 Å². The van der Waals surface area contributed by atoms with E-state index in [0.717, 1.165) is 22.9 Å². The van der Waals surface area contributed by atoms with Crippen molar-refractivity contribution in [2.75, 3.05) is 5.32 Å². The third kappa shape index (κ3) is 4.30. The zero-order chi connectivity index (χ0) is 22.5. The first kappa shape index (κ1) is 22.1. The van der Waals surface area contributed by atoms with Crippen LogP contribution in [0.25, 0.3) is 0 Å². The predicted molar refractivity (Wildman–Crippen MR) is 92.0 cm³/mol. The average molecular weight is 455 g/mol. The number of carbonyl (C=O) groups is 1. The van der Waals surface area contributed by atoms with E-state index in [0.29, 0.717) is 12.1 Å². The standard InChI is InChI=1S/C17H15F6N3O3S/c1-26-14(8-13(25-26)17(21,22)23)24-15(27)9-5-12(6-9)30(28,29)11-4-2-3-10(7-11)16(18,19)20/h2-4,7-9,12H,5-6H2,1H3,(H,24,27)/t9-,12+. The lowest BCUT2D eigenvalue weighted by Crippen LogP contribution is -2.42. The highest BCUT2D eigenvalue weighted by molar-refractivity contribution is 7.92. The second-order valence-corrected chi connectivity index (χ2v) is 9.11. The molecule has 2 aromatic rings. The Kier molecular flexibility index (Phi) is 5.37. The fourth-order valence-corrected chi connectivity index (χ4v) is 4.94. The van der Waals surface area contributed by atoms with Gasteiger partial charge in [0.2, 0.25) is 5.91 Å². The second kappa shape index (κ2) is 7.29. The number of alkyl halides is 6. The molecule has 1 N–H and O–H groups in total. The van der Waals surface area contributed by atoms with E-state index in [4.69, 9.17) is 0 Å². The maximum absolute atomic E-state index is 12.8. The van der Waals surface area contributed by atoms with Crippen molar-refractivity contribution < 1.29 is 39.6 Å². The summed E-state index contributed by atoms with van der Waals surface area (Å²) in [4.78, 5) is 11.7. The number of anilines is 1. The fourth-order valence-electron chi connectivity index (χ4n) is 3.03. The van der Waals surface area contributed by atoms with E-state index in [1.54, 1.807) is 0 Å². The number of hydrogen-bond acceptors (Lipinski definition) is 4. The smallest absolute Gasteiger partial charge is 0.311 e. The van der Waals surface area contributed by atoms with E-state index in [1.165, 1.54) is 7.05 Å². The molecule has 6 nitrogen and oxygen atoms in total. The van der Waals surface area contributed by atoms with Gasteiger partial charge in [-0.15, -0.1) is 0 Å². The van der Waals surface area contributed by atoms with Crippen LogP contribution in [0.3, 0.4) is 0 Å². The second-order valence-electron chi connectivity index (χ2n) is 6.89.